The Balaban J connectivity index is 1.93. The fourth-order valence-corrected chi connectivity index (χ4v) is 2.00. The van der Waals surface area contributed by atoms with Crippen LogP contribution in [-0.2, 0) is 13.0 Å². The molecule has 0 aliphatic rings. The van der Waals surface area contributed by atoms with Gasteiger partial charge in [-0.05, 0) is 35.4 Å². The van der Waals surface area contributed by atoms with Gasteiger partial charge in [-0.15, -0.1) is 0 Å². The summed E-state index contributed by atoms with van der Waals surface area (Å²) in [5, 5.41) is 4.36. The highest BCUT2D eigenvalue weighted by Gasteiger charge is 2.06. The first-order valence-electron chi connectivity index (χ1n) is 6.03. The number of rotatable bonds is 3. The zero-order valence-electron chi connectivity index (χ0n) is 10.3. The van der Waals surface area contributed by atoms with Gasteiger partial charge < -0.3 is 5.73 Å². The lowest BCUT2D eigenvalue weighted by Crippen LogP contribution is -1.97. The van der Waals surface area contributed by atoms with Gasteiger partial charge in [0.2, 0.25) is 0 Å². The van der Waals surface area contributed by atoms with Crippen molar-refractivity contribution in [3.05, 3.63) is 65.4 Å². The quantitative estimate of drug-likeness (QED) is 0.779. The largest absolute Gasteiger partial charge is 0.326 e. The van der Waals surface area contributed by atoms with Crippen LogP contribution in [0.2, 0.25) is 0 Å². The normalized spacial score (nSPS) is 11.1. The molecule has 0 saturated heterocycles. The molecular weight excluding hydrogens is 243 g/mol. The standard InChI is InChI=1S/C14H13FN4/c15-12-3-1-2-10(6-12)7-13-17-14-8-11(9-16)4-5-19(14)18-13/h1-6,8H,7,9,16H2. The molecule has 5 heteroatoms. The highest BCUT2D eigenvalue weighted by atomic mass is 19.1. The Hall–Kier alpha value is -2.27. The van der Waals surface area contributed by atoms with Crippen LogP contribution in [0.25, 0.3) is 5.65 Å². The zero-order valence-corrected chi connectivity index (χ0v) is 10.3. The number of hydrogen-bond donors (Lipinski definition) is 1. The maximum absolute atomic E-state index is 13.1. The lowest BCUT2D eigenvalue weighted by Gasteiger charge is -1.96. The first-order chi connectivity index (χ1) is 9.24. The van der Waals surface area contributed by atoms with Crippen molar-refractivity contribution >= 4 is 5.65 Å². The van der Waals surface area contributed by atoms with Gasteiger partial charge in [-0.2, -0.15) is 5.10 Å². The number of hydrogen-bond acceptors (Lipinski definition) is 3. The minimum Gasteiger partial charge on any atom is -0.326 e. The van der Waals surface area contributed by atoms with Gasteiger partial charge in [0.15, 0.2) is 11.5 Å². The molecular formula is C14H13FN4. The summed E-state index contributed by atoms with van der Waals surface area (Å²) in [6.07, 6.45) is 2.34. The van der Waals surface area contributed by atoms with E-state index in [-0.39, 0.29) is 5.82 Å². The molecule has 4 nitrogen and oxygen atoms in total. The van der Waals surface area contributed by atoms with Crippen molar-refractivity contribution in [1.82, 2.24) is 14.6 Å². The first-order valence-corrected chi connectivity index (χ1v) is 6.03. The molecule has 0 saturated carbocycles. The second-order valence-corrected chi connectivity index (χ2v) is 4.38. The molecule has 0 aliphatic carbocycles. The Labute approximate surface area is 109 Å². The molecule has 0 unspecified atom stereocenters. The van der Waals surface area contributed by atoms with Crippen molar-refractivity contribution in [2.24, 2.45) is 5.73 Å². The number of halogens is 1. The maximum atomic E-state index is 13.1. The van der Waals surface area contributed by atoms with E-state index in [1.165, 1.54) is 12.1 Å². The van der Waals surface area contributed by atoms with Crippen LogP contribution in [0, 0.1) is 5.82 Å². The Morgan fingerprint density at radius 1 is 1.16 bits per heavy atom. The molecule has 0 radical (unpaired) electrons. The van der Waals surface area contributed by atoms with E-state index in [2.05, 4.69) is 10.1 Å². The molecule has 0 aliphatic heterocycles. The number of fused-ring (bicyclic) bond motifs is 1. The van der Waals surface area contributed by atoms with Crippen molar-refractivity contribution in [3.63, 3.8) is 0 Å². The van der Waals surface area contributed by atoms with Gasteiger partial charge in [0.05, 0.1) is 0 Å². The fourth-order valence-electron chi connectivity index (χ4n) is 2.00. The van der Waals surface area contributed by atoms with E-state index in [0.29, 0.717) is 18.8 Å². The highest BCUT2D eigenvalue weighted by molar-refractivity contribution is 5.41. The van der Waals surface area contributed by atoms with Gasteiger partial charge in [0, 0.05) is 19.2 Å². The summed E-state index contributed by atoms with van der Waals surface area (Å²) in [5.74, 6) is 0.423. The summed E-state index contributed by atoms with van der Waals surface area (Å²) in [6.45, 7) is 0.475. The molecule has 0 fully saturated rings. The smallest absolute Gasteiger partial charge is 0.156 e. The molecule has 0 bridgehead atoms. The van der Waals surface area contributed by atoms with E-state index in [4.69, 9.17) is 5.73 Å². The summed E-state index contributed by atoms with van der Waals surface area (Å²) in [7, 11) is 0. The number of benzene rings is 1. The van der Waals surface area contributed by atoms with Gasteiger partial charge >= 0.3 is 0 Å². The topological polar surface area (TPSA) is 56.2 Å². The number of pyridine rings is 1. The molecule has 3 rings (SSSR count). The molecule has 96 valence electrons. The summed E-state index contributed by atoms with van der Waals surface area (Å²) in [6, 6.07) is 10.3. The molecule has 1 aromatic carbocycles. The van der Waals surface area contributed by atoms with Gasteiger partial charge in [-0.3, -0.25) is 0 Å². The number of nitrogens with zero attached hydrogens (tertiary/aromatic N) is 3. The van der Waals surface area contributed by atoms with Crippen LogP contribution in [-0.4, -0.2) is 14.6 Å². The summed E-state index contributed by atoms with van der Waals surface area (Å²) >= 11 is 0. The van der Waals surface area contributed by atoms with Gasteiger partial charge in [-0.1, -0.05) is 12.1 Å². The van der Waals surface area contributed by atoms with E-state index in [1.807, 2.05) is 24.4 Å². The molecule has 2 N–H and O–H groups in total. The second kappa shape index (κ2) is 4.78. The number of aromatic nitrogens is 3. The Morgan fingerprint density at radius 3 is 2.84 bits per heavy atom. The van der Waals surface area contributed by atoms with E-state index < -0.39 is 0 Å². The Kier molecular flexibility index (Phi) is 2.97. The third kappa shape index (κ3) is 2.46. The van der Waals surface area contributed by atoms with Crippen LogP contribution in [0.1, 0.15) is 17.0 Å². The second-order valence-electron chi connectivity index (χ2n) is 4.38. The van der Waals surface area contributed by atoms with Gasteiger partial charge in [-0.25, -0.2) is 13.9 Å². The first kappa shape index (κ1) is 11.8. The molecule has 0 atom stereocenters. The molecule has 0 spiro atoms. The minimum atomic E-state index is -0.244. The van der Waals surface area contributed by atoms with Crippen LogP contribution in [0.4, 0.5) is 4.39 Å². The minimum absolute atomic E-state index is 0.244. The predicted molar refractivity (Wildman–Crippen MR) is 70.1 cm³/mol. The Morgan fingerprint density at radius 2 is 2.05 bits per heavy atom. The van der Waals surface area contributed by atoms with Gasteiger partial charge in [0.1, 0.15) is 5.82 Å². The third-order valence-electron chi connectivity index (χ3n) is 2.93. The molecule has 19 heavy (non-hydrogen) atoms. The average molecular weight is 256 g/mol. The van der Waals surface area contributed by atoms with Crippen LogP contribution in [0.5, 0.6) is 0 Å². The Bertz CT molecular complexity index is 720. The van der Waals surface area contributed by atoms with Crippen LogP contribution in [0.3, 0.4) is 0 Å². The number of nitrogens with two attached hydrogens (primary N) is 1. The van der Waals surface area contributed by atoms with Crippen molar-refractivity contribution in [2.45, 2.75) is 13.0 Å². The SMILES string of the molecule is NCc1ccn2nc(Cc3cccc(F)c3)nc2c1. The zero-order chi connectivity index (χ0) is 13.2. The van der Waals surface area contributed by atoms with Crippen LogP contribution >= 0.6 is 0 Å². The highest BCUT2D eigenvalue weighted by Crippen LogP contribution is 2.10. The fraction of sp³-hybridized carbons (Fsp3) is 0.143. The molecule has 2 heterocycles. The van der Waals surface area contributed by atoms with E-state index in [1.54, 1.807) is 10.6 Å². The van der Waals surface area contributed by atoms with Crippen LogP contribution in [0.15, 0.2) is 42.6 Å². The summed E-state index contributed by atoms with van der Waals surface area (Å²) in [4.78, 5) is 4.42. The lowest BCUT2D eigenvalue weighted by molar-refractivity contribution is 0.625. The lowest BCUT2D eigenvalue weighted by atomic mass is 10.1. The predicted octanol–water partition coefficient (Wildman–Crippen LogP) is 1.92. The monoisotopic (exact) mass is 256 g/mol. The van der Waals surface area contributed by atoms with Crippen LogP contribution < -0.4 is 5.73 Å². The molecule has 2 aromatic heterocycles. The van der Waals surface area contributed by atoms with E-state index in [0.717, 1.165) is 16.8 Å². The van der Waals surface area contributed by atoms with Crippen molar-refractivity contribution < 1.29 is 4.39 Å². The van der Waals surface area contributed by atoms with E-state index in [9.17, 15) is 4.39 Å². The molecule has 3 aromatic rings. The van der Waals surface area contributed by atoms with Crippen molar-refractivity contribution in [2.75, 3.05) is 0 Å². The van der Waals surface area contributed by atoms with Crippen molar-refractivity contribution in [1.29, 1.82) is 0 Å². The third-order valence-corrected chi connectivity index (χ3v) is 2.93. The molecule has 0 amide bonds. The summed E-state index contributed by atoms with van der Waals surface area (Å²) in [5.41, 5.74) is 8.22. The maximum Gasteiger partial charge on any atom is 0.156 e. The summed E-state index contributed by atoms with van der Waals surface area (Å²) < 4.78 is 14.8. The van der Waals surface area contributed by atoms with Gasteiger partial charge in [0.25, 0.3) is 0 Å². The van der Waals surface area contributed by atoms with E-state index >= 15 is 0 Å². The van der Waals surface area contributed by atoms with Crippen molar-refractivity contribution in [3.8, 4) is 0 Å². The average Bonchev–Trinajstić information content (AvgIpc) is 2.79.